The van der Waals surface area contributed by atoms with Gasteiger partial charge in [-0.15, -0.1) is 0 Å². The highest BCUT2D eigenvalue weighted by Gasteiger charge is 2.33. The van der Waals surface area contributed by atoms with Gasteiger partial charge >= 0.3 is 0 Å². The zero-order valence-electron chi connectivity index (χ0n) is 15.4. The highest BCUT2D eigenvalue weighted by Crippen LogP contribution is 2.36. The average Bonchev–Trinajstić information content (AvgIpc) is 2.85. The van der Waals surface area contributed by atoms with Crippen molar-refractivity contribution in [2.24, 2.45) is 0 Å². The molecule has 1 atom stereocenters. The second kappa shape index (κ2) is 7.83. The lowest BCUT2D eigenvalue weighted by Crippen LogP contribution is -2.39. The minimum atomic E-state index is -0.725. The van der Waals surface area contributed by atoms with Crippen molar-refractivity contribution in [3.8, 4) is 0 Å². The van der Waals surface area contributed by atoms with Gasteiger partial charge in [0.15, 0.2) is 0 Å². The molecule has 4 nitrogen and oxygen atoms in total. The number of halogens is 2. The van der Waals surface area contributed by atoms with Gasteiger partial charge in [-0.25, -0.2) is 8.78 Å². The molecule has 3 aromatic carbocycles. The Morgan fingerprint density at radius 1 is 0.966 bits per heavy atom. The first-order valence-corrected chi connectivity index (χ1v) is 9.19. The predicted octanol–water partition coefficient (Wildman–Crippen LogP) is 4.08. The number of fused-ring (bicyclic) bond motifs is 1. The monoisotopic (exact) mass is 392 g/mol. The second-order valence-electron chi connectivity index (χ2n) is 6.92. The van der Waals surface area contributed by atoms with E-state index in [-0.39, 0.29) is 24.8 Å². The van der Waals surface area contributed by atoms with Gasteiger partial charge in [0.05, 0.1) is 12.5 Å². The molecule has 0 saturated heterocycles. The molecule has 0 bridgehead atoms. The van der Waals surface area contributed by atoms with Crippen LogP contribution in [0.5, 0.6) is 0 Å². The Morgan fingerprint density at radius 3 is 2.38 bits per heavy atom. The summed E-state index contributed by atoms with van der Waals surface area (Å²) in [6.45, 7) is -0.190. The summed E-state index contributed by atoms with van der Waals surface area (Å²) in [7, 11) is 0. The molecule has 0 fully saturated rings. The predicted molar refractivity (Wildman–Crippen MR) is 105 cm³/mol. The van der Waals surface area contributed by atoms with Crippen LogP contribution in [-0.2, 0) is 16.0 Å². The molecule has 6 heteroatoms. The summed E-state index contributed by atoms with van der Waals surface area (Å²) in [4.78, 5) is 27.1. The summed E-state index contributed by atoms with van der Waals surface area (Å²) < 4.78 is 27.6. The van der Waals surface area contributed by atoms with Crippen LogP contribution in [-0.4, -0.2) is 23.3 Å². The Hall–Kier alpha value is -3.54. The maximum absolute atomic E-state index is 14.1. The number of benzene rings is 3. The molecule has 0 unspecified atom stereocenters. The number of hydrogen-bond donors (Lipinski definition) is 1. The van der Waals surface area contributed by atoms with E-state index in [1.54, 1.807) is 12.1 Å². The van der Waals surface area contributed by atoms with Crippen molar-refractivity contribution < 1.29 is 18.4 Å². The average molecular weight is 392 g/mol. The van der Waals surface area contributed by atoms with Crippen LogP contribution in [0.1, 0.15) is 22.7 Å². The highest BCUT2D eigenvalue weighted by molar-refractivity contribution is 5.97. The van der Waals surface area contributed by atoms with Gasteiger partial charge in [0.25, 0.3) is 0 Å². The number of carbonyl (C=O) groups excluding carboxylic acids is 2. The first kappa shape index (κ1) is 18.8. The zero-order chi connectivity index (χ0) is 20.4. The number of anilines is 1. The number of rotatable bonds is 3. The van der Waals surface area contributed by atoms with Gasteiger partial charge in [0.1, 0.15) is 18.2 Å². The summed E-state index contributed by atoms with van der Waals surface area (Å²) in [5.41, 5.74) is 2.28. The molecule has 0 radical (unpaired) electrons. The van der Waals surface area contributed by atoms with Crippen LogP contribution >= 0.6 is 0 Å². The maximum atomic E-state index is 14.1. The van der Waals surface area contributed by atoms with Crippen LogP contribution in [0.25, 0.3) is 0 Å². The molecule has 1 heterocycles. The molecule has 146 valence electrons. The van der Waals surface area contributed by atoms with E-state index in [4.69, 9.17) is 0 Å². The maximum Gasteiger partial charge on any atom is 0.244 e. The summed E-state index contributed by atoms with van der Waals surface area (Å²) in [6.07, 6.45) is 0.0937. The quantitative estimate of drug-likeness (QED) is 0.730. The third kappa shape index (κ3) is 4.01. The van der Waals surface area contributed by atoms with Crippen LogP contribution in [0.3, 0.4) is 0 Å². The first-order chi connectivity index (χ1) is 14.0. The fourth-order valence-electron chi connectivity index (χ4n) is 3.59. The molecule has 1 aliphatic heterocycles. The minimum absolute atomic E-state index is 0.0937. The summed E-state index contributed by atoms with van der Waals surface area (Å²) in [6, 6.07) is 18.2. The molecular formula is C23H18F2N2O2. The highest BCUT2D eigenvalue weighted by atomic mass is 19.1. The Bertz CT molecular complexity index is 1050. The van der Waals surface area contributed by atoms with Crippen LogP contribution in [0.15, 0.2) is 72.8 Å². The van der Waals surface area contributed by atoms with Gasteiger partial charge < -0.3 is 10.2 Å². The lowest BCUT2D eigenvalue weighted by Gasteiger charge is -2.30. The third-order valence-corrected chi connectivity index (χ3v) is 4.91. The van der Waals surface area contributed by atoms with Gasteiger partial charge in [-0.1, -0.05) is 42.5 Å². The summed E-state index contributed by atoms with van der Waals surface area (Å²) in [5.74, 6) is -1.55. The lowest BCUT2D eigenvalue weighted by atomic mass is 9.95. The van der Waals surface area contributed by atoms with E-state index in [1.807, 2.05) is 30.3 Å². The van der Waals surface area contributed by atoms with E-state index in [0.29, 0.717) is 16.8 Å². The number of hydrogen-bond acceptors (Lipinski definition) is 2. The molecule has 1 N–H and O–H groups in total. The van der Waals surface area contributed by atoms with Crippen LogP contribution in [0.2, 0.25) is 0 Å². The summed E-state index contributed by atoms with van der Waals surface area (Å²) in [5, 5.41) is 2.74. The van der Waals surface area contributed by atoms with Gasteiger partial charge in [-0.05, 0) is 41.5 Å². The normalized spacial score (nSPS) is 16.0. The number of nitrogens with one attached hydrogen (secondary N) is 1. The van der Waals surface area contributed by atoms with E-state index in [9.17, 15) is 18.4 Å². The number of nitrogens with zero attached hydrogens (tertiary/aromatic N) is 1. The molecule has 29 heavy (non-hydrogen) atoms. The van der Waals surface area contributed by atoms with Crippen molar-refractivity contribution in [1.29, 1.82) is 0 Å². The van der Waals surface area contributed by atoms with Crippen molar-refractivity contribution in [1.82, 2.24) is 4.90 Å². The van der Waals surface area contributed by atoms with E-state index in [2.05, 4.69) is 5.32 Å². The van der Waals surface area contributed by atoms with Crippen molar-refractivity contribution in [3.05, 3.63) is 101 Å². The topological polar surface area (TPSA) is 49.4 Å². The molecule has 3 aromatic rings. The first-order valence-electron chi connectivity index (χ1n) is 9.19. The van der Waals surface area contributed by atoms with Gasteiger partial charge in [-0.2, -0.15) is 0 Å². The van der Waals surface area contributed by atoms with E-state index < -0.39 is 17.7 Å². The van der Waals surface area contributed by atoms with Crippen molar-refractivity contribution >= 4 is 17.5 Å². The summed E-state index contributed by atoms with van der Waals surface area (Å²) >= 11 is 0. The molecule has 4 rings (SSSR count). The fraction of sp³-hybridized carbons (Fsp3) is 0.130. The molecular weight excluding hydrogens is 374 g/mol. The standard InChI is InChI=1S/C23H18F2N2O2/c24-17-8-6-16(7-9-17)23-19-13-18(25)10-11-20(19)26-21(28)14-27(23)22(29)12-15-4-2-1-3-5-15/h1-11,13,23H,12,14H2,(H,26,28)/t23-/m0/s1. The molecule has 1 aliphatic rings. The Kier molecular flexibility index (Phi) is 5.08. The third-order valence-electron chi connectivity index (χ3n) is 4.91. The van der Waals surface area contributed by atoms with Gasteiger partial charge in [0, 0.05) is 11.3 Å². The molecule has 0 aliphatic carbocycles. The lowest BCUT2D eigenvalue weighted by molar-refractivity contribution is -0.135. The molecule has 0 spiro atoms. The second-order valence-corrected chi connectivity index (χ2v) is 6.92. The zero-order valence-corrected chi connectivity index (χ0v) is 15.4. The van der Waals surface area contributed by atoms with Crippen molar-refractivity contribution in [2.45, 2.75) is 12.5 Å². The Labute approximate surface area is 166 Å². The SMILES string of the molecule is O=C1CN(C(=O)Cc2ccccc2)[C@@H](c2ccc(F)cc2)c2cc(F)ccc2N1. The van der Waals surface area contributed by atoms with E-state index in [1.165, 1.54) is 35.2 Å². The van der Waals surface area contributed by atoms with Crippen LogP contribution in [0.4, 0.5) is 14.5 Å². The van der Waals surface area contributed by atoms with Crippen molar-refractivity contribution in [2.75, 3.05) is 11.9 Å². The van der Waals surface area contributed by atoms with Gasteiger partial charge in [0.2, 0.25) is 11.8 Å². The van der Waals surface area contributed by atoms with E-state index in [0.717, 1.165) is 5.56 Å². The largest absolute Gasteiger partial charge is 0.324 e. The molecule has 2 amide bonds. The Morgan fingerprint density at radius 2 is 1.66 bits per heavy atom. The van der Waals surface area contributed by atoms with E-state index >= 15 is 0 Å². The molecule has 0 aromatic heterocycles. The minimum Gasteiger partial charge on any atom is -0.324 e. The Balaban J connectivity index is 1.81. The number of amides is 2. The van der Waals surface area contributed by atoms with Crippen LogP contribution in [0, 0.1) is 11.6 Å². The number of carbonyl (C=O) groups is 2. The molecule has 0 saturated carbocycles. The van der Waals surface area contributed by atoms with Crippen LogP contribution < -0.4 is 5.32 Å². The van der Waals surface area contributed by atoms with Gasteiger partial charge in [-0.3, -0.25) is 9.59 Å². The van der Waals surface area contributed by atoms with Crippen molar-refractivity contribution in [3.63, 3.8) is 0 Å². The smallest absolute Gasteiger partial charge is 0.244 e. The fourth-order valence-corrected chi connectivity index (χ4v) is 3.59.